The number of aromatic amines is 1. The zero-order valence-corrected chi connectivity index (χ0v) is 23.3. The summed E-state index contributed by atoms with van der Waals surface area (Å²) in [5.74, 6) is 0.539. The normalized spacial score (nSPS) is 16.5. The molecule has 8 heteroatoms. The number of hydrogen-bond donors (Lipinski definition) is 2. The van der Waals surface area contributed by atoms with Crippen LogP contribution in [0.1, 0.15) is 56.9 Å². The van der Waals surface area contributed by atoms with E-state index < -0.39 is 5.60 Å². The monoisotopic (exact) mass is 528 g/mol. The Kier molecular flexibility index (Phi) is 7.07. The molecule has 2 aliphatic rings. The zero-order chi connectivity index (χ0) is 27.9. The number of rotatable bonds is 5. The van der Waals surface area contributed by atoms with Gasteiger partial charge < -0.3 is 24.8 Å². The minimum absolute atomic E-state index is 0.0341. The molecular weight excluding hydrogens is 492 g/mol. The lowest BCUT2D eigenvalue weighted by atomic mass is 9.94. The summed E-state index contributed by atoms with van der Waals surface area (Å²) < 4.78 is 6.31. The minimum atomic E-state index is -0.393. The summed E-state index contributed by atoms with van der Waals surface area (Å²) >= 11 is 0. The van der Waals surface area contributed by atoms with E-state index in [0.717, 1.165) is 59.9 Å². The lowest BCUT2D eigenvalue weighted by Gasteiger charge is -2.32. The molecule has 2 amide bonds. The molecule has 0 aliphatic carbocycles. The Morgan fingerprint density at radius 1 is 1.00 bits per heavy atom. The van der Waals surface area contributed by atoms with Crippen molar-refractivity contribution in [1.29, 1.82) is 0 Å². The number of likely N-dealkylation sites (N-methyl/N-ethyl adjacent to an activating group) is 1. The maximum absolute atomic E-state index is 13.3. The van der Waals surface area contributed by atoms with Crippen LogP contribution >= 0.6 is 0 Å². The van der Waals surface area contributed by atoms with Gasteiger partial charge in [0.2, 0.25) is 0 Å². The first-order valence-corrected chi connectivity index (χ1v) is 13.4. The number of aromatic nitrogens is 1. The van der Waals surface area contributed by atoms with Gasteiger partial charge in [-0.25, -0.2) is 0 Å². The fourth-order valence-electron chi connectivity index (χ4n) is 5.41. The van der Waals surface area contributed by atoms with Crippen molar-refractivity contribution < 1.29 is 14.3 Å². The number of ether oxygens (including phenoxy) is 1. The Hall–Kier alpha value is -3.91. The third-order valence-corrected chi connectivity index (χ3v) is 7.58. The van der Waals surface area contributed by atoms with Gasteiger partial charge in [-0.05, 0) is 81.8 Å². The molecule has 0 spiro atoms. The molecule has 3 aromatic rings. The van der Waals surface area contributed by atoms with E-state index in [1.165, 1.54) is 0 Å². The lowest BCUT2D eigenvalue weighted by Crippen LogP contribution is -2.47. The number of amides is 2. The highest BCUT2D eigenvalue weighted by molar-refractivity contribution is 5.97. The number of aryl methyl sites for hydroxylation is 2. The van der Waals surface area contributed by atoms with Crippen LogP contribution in [0.3, 0.4) is 0 Å². The molecule has 0 saturated carbocycles. The minimum Gasteiger partial charge on any atom is -0.487 e. The second-order valence-electron chi connectivity index (χ2n) is 11.3. The van der Waals surface area contributed by atoms with Gasteiger partial charge in [0.1, 0.15) is 11.4 Å². The van der Waals surface area contributed by atoms with Crippen molar-refractivity contribution in [2.75, 3.05) is 33.2 Å². The number of benzene rings is 2. The molecule has 0 radical (unpaired) electrons. The standard InChI is InChI=1S/C31H36N4O4/c1-19-14-20(2)33-29(37)26(19)18-32-28(36)23-15-24-17-31(3,4)39-27(24)25(16-23)21-6-8-22(9-7-21)30(38)35-12-10-34(5)11-13-35/h6-9,14-16H,10-13,17-18H2,1-5H3,(H,32,36)(H,33,37). The summed E-state index contributed by atoms with van der Waals surface area (Å²) in [6.07, 6.45) is 0.674. The first-order chi connectivity index (χ1) is 18.5. The Balaban J connectivity index is 1.41. The van der Waals surface area contributed by atoms with Gasteiger partial charge in [0.15, 0.2) is 0 Å². The smallest absolute Gasteiger partial charge is 0.253 e. The average molecular weight is 529 g/mol. The molecule has 1 fully saturated rings. The molecular formula is C31H36N4O4. The van der Waals surface area contributed by atoms with Crippen LogP contribution in [0.2, 0.25) is 0 Å². The highest BCUT2D eigenvalue weighted by atomic mass is 16.5. The largest absolute Gasteiger partial charge is 0.487 e. The highest BCUT2D eigenvalue weighted by Gasteiger charge is 2.33. The lowest BCUT2D eigenvalue weighted by molar-refractivity contribution is 0.0664. The van der Waals surface area contributed by atoms with E-state index in [2.05, 4.69) is 22.2 Å². The molecule has 3 heterocycles. The third-order valence-electron chi connectivity index (χ3n) is 7.58. The van der Waals surface area contributed by atoms with Gasteiger partial charge in [0.05, 0.1) is 0 Å². The summed E-state index contributed by atoms with van der Waals surface area (Å²) in [6, 6.07) is 13.1. The van der Waals surface area contributed by atoms with Gasteiger partial charge in [0, 0.05) is 67.1 Å². The number of carbonyl (C=O) groups is 2. The first-order valence-electron chi connectivity index (χ1n) is 13.4. The molecule has 1 aromatic heterocycles. The molecule has 5 rings (SSSR count). The summed E-state index contributed by atoms with van der Waals surface area (Å²) in [5, 5.41) is 2.92. The second kappa shape index (κ2) is 10.3. The fraction of sp³-hybridized carbons (Fsp3) is 0.387. The van der Waals surface area contributed by atoms with Crippen molar-refractivity contribution in [1.82, 2.24) is 20.1 Å². The van der Waals surface area contributed by atoms with Crippen LogP contribution in [0.4, 0.5) is 0 Å². The Morgan fingerprint density at radius 2 is 1.69 bits per heavy atom. The van der Waals surface area contributed by atoms with Crippen LogP contribution < -0.4 is 15.6 Å². The predicted molar refractivity (Wildman–Crippen MR) is 151 cm³/mol. The zero-order valence-electron chi connectivity index (χ0n) is 23.3. The average Bonchev–Trinajstić information content (AvgIpc) is 3.21. The maximum atomic E-state index is 13.3. The van der Waals surface area contributed by atoms with Crippen molar-refractivity contribution in [3.05, 3.63) is 86.3 Å². The number of fused-ring (bicyclic) bond motifs is 1. The van der Waals surface area contributed by atoms with E-state index in [-0.39, 0.29) is 23.9 Å². The number of pyridine rings is 1. The number of nitrogens with zero attached hydrogens (tertiary/aromatic N) is 2. The second-order valence-corrected chi connectivity index (χ2v) is 11.3. The van der Waals surface area contributed by atoms with Gasteiger partial charge in [-0.1, -0.05) is 12.1 Å². The van der Waals surface area contributed by atoms with Gasteiger partial charge in [-0.15, -0.1) is 0 Å². The van der Waals surface area contributed by atoms with E-state index in [0.29, 0.717) is 23.1 Å². The topological polar surface area (TPSA) is 94.7 Å². The number of H-pyrrole nitrogens is 1. The molecule has 0 bridgehead atoms. The van der Waals surface area contributed by atoms with E-state index >= 15 is 0 Å². The third kappa shape index (κ3) is 5.61. The quantitative estimate of drug-likeness (QED) is 0.527. The van der Waals surface area contributed by atoms with E-state index in [4.69, 9.17) is 4.74 Å². The molecule has 8 nitrogen and oxygen atoms in total. The molecule has 39 heavy (non-hydrogen) atoms. The summed E-state index contributed by atoms with van der Waals surface area (Å²) in [4.78, 5) is 45.6. The number of hydrogen-bond acceptors (Lipinski definition) is 5. The van der Waals surface area contributed by atoms with Crippen molar-refractivity contribution >= 4 is 11.8 Å². The van der Waals surface area contributed by atoms with Crippen LogP contribution in [-0.4, -0.2) is 65.4 Å². The maximum Gasteiger partial charge on any atom is 0.253 e. The van der Waals surface area contributed by atoms with Crippen LogP contribution in [0, 0.1) is 13.8 Å². The Bertz CT molecular complexity index is 1480. The molecule has 2 aliphatic heterocycles. The van der Waals surface area contributed by atoms with Crippen LogP contribution in [0.5, 0.6) is 5.75 Å². The Labute approximate surface area is 229 Å². The van der Waals surface area contributed by atoms with Crippen LogP contribution in [-0.2, 0) is 13.0 Å². The predicted octanol–water partition coefficient (Wildman–Crippen LogP) is 3.69. The van der Waals surface area contributed by atoms with Gasteiger partial charge in [-0.3, -0.25) is 14.4 Å². The highest BCUT2D eigenvalue weighted by Crippen LogP contribution is 2.43. The van der Waals surface area contributed by atoms with Crippen molar-refractivity contribution in [3.63, 3.8) is 0 Å². The molecule has 204 valence electrons. The number of piperazine rings is 1. The summed E-state index contributed by atoms with van der Waals surface area (Å²) in [5.41, 5.74) is 5.38. The fourth-order valence-corrected chi connectivity index (χ4v) is 5.41. The van der Waals surface area contributed by atoms with Crippen molar-refractivity contribution in [3.8, 4) is 16.9 Å². The summed E-state index contributed by atoms with van der Waals surface area (Å²) in [7, 11) is 2.07. The molecule has 2 N–H and O–H groups in total. The first kappa shape index (κ1) is 26.7. The van der Waals surface area contributed by atoms with Crippen molar-refractivity contribution in [2.45, 2.75) is 46.3 Å². The number of carbonyl (C=O) groups excluding carboxylic acids is 2. The van der Waals surface area contributed by atoms with E-state index in [1.807, 2.05) is 75.1 Å². The molecule has 2 aromatic carbocycles. The van der Waals surface area contributed by atoms with E-state index in [9.17, 15) is 14.4 Å². The summed E-state index contributed by atoms with van der Waals surface area (Å²) in [6.45, 7) is 11.1. The molecule has 0 atom stereocenters. The van der Waals surface area contributed by atoms with Gasteiger partial charge in [-0.2, -0.15) is 0 Å². The SMILES string of the molecule is Cc1cc(C)c(CNC(=O)c2cc3c(c(-c4ccc(C(=O)N5CCN(C)CC5)cc4)c2)OC(C)(C)C3)c(=O)[nH]1. The van der Waals surface area contributed by atoms with Crippen molar-refractivity contribution in [2.24, 2.45) is 0 Å². The van der Waals surface area contributed by atoms with Gasteiger partial charge >= 0.3 is 0 Å². The Morgan fingerprint density at radius 3 is 2.36 bits per heavy atom. The van der Waals surface area contributed by atoms with E-state index in [1.54, 1.807) is 0 Å². The number of nitrogens with one attached hydrogen (secondary N) is 2. The van der Waals surface area contributed by atoms with Crippen LogP contribution in [0.25, 0.3) is 11.1 Å². The molecule has 1 saturated heterocycles. The molecule has 0 unspecified atom stereocenters. The van der Waals surface area contributed by atoms with Crippen LogP contribution in [0.15, 0.2) is 47.3 Å². The van der Waals surface area contributed by atoms with Gasteiger partial charge in [0.25, 0.3) is 17.4 Å².